The lowest BCUT2D eigenvalue weighted by Gasteiger charge is -2.15. The first kappa shape index (κ1) is 21.9. The summed E-state index contributed by atoms with van der Waals surface area (Å²) in [7, 11) is 1.52. The van der Waals surface area contributed by atoms with E-state index in [-0.39, 0.29) is 12.2 Å². The molecule has 3 aromatic carbocycles. The number of para-hydroxylation sites is 1. The number of hydrogen-bond acceptors (Lipinski definition) is 4. The van der Waals surface area contributed by atoms with Gasteiger partial charge in [-0.05, 0) is 36.4 Å². The van der Waals surface area contributed by atoms with Crippen molar-refractivity contribution in [3.05, 3.63) is 92.9 Å². The molecule has 2 amide bonds. The van der Waals surface area contributed by atoms with Crippen LogP contribution in [0.15, 0.2) is 76.8 Å². The number of carbonyl (C=O) groups is 2. The number of methoxy groups -OCH3 is 1. The summed E-state index contributed by atoms with van der Waals surface area (Å²) in [5.41, 5.74) is 4.45. The van der Waals surface area contributed by atoms with Gasteiger partial charge in [0.2, 0.25) is 0 Å². The summed E-state index contributed by atoms with van der Waals surface area (Å²) in [6.07, 6.45) is 1.50. The van der Waals surface area contributed by atoms with E-state index in [4.69, 9.17) is 21.1 Å². The lowest BCUT2D eigenvalue weighted by Crippen LogP contribution is -2.35. The SMILES string of the molecule is COc1cc(Br)cc(/C=C2\C(=O)NN(c3ccccc3)C2=O)c1OCc1ccccc1Cl. The summed E-state index contributed by atoms with van der Waals surface area (Å²) in [4.78, 5) is 25.6. The molecule has 0 aliphatic carbocycles. The Morgan fingerprint density at radius 1 is 1.06 bits per heavy atom. The molecule has 0 unspecified atom stereocenters. The Morgan fingerprint density at radius 2 is 1.78 bits per heavy atom. The van der Waals surface area contributed by atoms with Gasteiger partial charge < -0.3 is 9.47 Å². The molecule has 0 bridgehead atoms. The molecule has 0 saturated carbocycles. The second-order valence-corrected chi connectivity index (χ2v) is 8.20. The average Bonchev–Trinajstić information content (AvgIpc) is 3.08. The van der Waals surface area contributed by atoms with Crippen LogP contribution in [0.4, 0.5) is 5.69 Å². The van der Waals surface area contributed by atoms with Crippen LogP contribution in [0.25, 0.3) is 6.08 Å². The molecule has 0 spiro atoms. The molecule has 162 valence electrons. The number of rotatable bonds is 6. The Balaban J connectivity index is 1.70. The molecule has 8 heteroatoms. The van der Waals surface area contributed by atoms with Crippen LogP contribution in [-0.2, 0) is 16.2 Å². The summed E-state index contributed by atoms with van der Waals surface area (Å²) in [6.45, 7) is 0.185. The van der Waals surface area contributed by atoms with E-state index in [0.717, 1.165) is 5.56 Å². The van der Waals surface area contributed by atoms with E-state index >= 15 is 0 Å². The van der Waals surface area contributed by atoms with Crippen LogP contribution in [0, 0.1) is 0 Å². The van der Waals surface area contributed by atoms with Gasteiger partial charge in [0.1, 0.15) is 12.2 Å². The van der Waals surface area contributed by atoms with Crippen molar-refractivity contribution in [2.45, 2.75) is 6.61 Å². The van der Waals surface area contributed by atoms with Gasteiger partial charge in [-0.25, -0.2) is 5.01 Å². The van der Waals surface area contributed by atoms with Crippen molar-refractivity contribution >= 4 is 51.1 Å². The number of hydrogen-bond donors (Lipinski definition) is 1. The predicted molar refractivity (Wildman–Crippen MR) is 127 cm³/mol. The first-order valence-electron chi connectivity index (χ1n) is 9.64. The van der Waals surface area contributed by atoms with Gasteiger partial charge in [0.25, 0.3) is 11.8 Å². The first-order chi connectivity index (χ1) is 15.5. The maximum Gasteiger partial charge on any atom is 0.282 e. The molecule has 6 nitrogen and oxygen atoms in total. The van der Waals surface area contributed by atoms with Crippen molar-refractivity contribution < 1.29 is 19.1 Å². The van der Waals surface area contributed by atoms with Crippen LogP contribution >= 0.6 is 27.5 Å². The number of nitrogens with zero attached hydrogens (tertiary/aromatic N) is 1. The third-order valence-corrected chi connectivity index (χ3v) is 5.63. The lowest BCUT2D eigenvalue weighted by atomic mass is 10.1. The molecule has 1 aliphatic rings. The monoisotopic (exact) mass is 512 g/mol. The van der Waals surface area contributed by atoms with Crippen molar-refractivity contribution in [2.24, 2.45) is 0 Å². The molecule has 1 fully saturated rings. The molecule has 0 aromatic heterocycles. The van der Waals surface area contributed by atoms with Crippen LogP contribution in [0.3, 0.4) is 0 Å². The maximum absolute atomic E-state index is 13.0. The molecule has 32 heavy (non-hydrogen) atoms. The fraction of sp³-hybridized carbons (Fsp3) is 0.0833. The van der Waals surface area contributed by atoms with E-state index in [1.165, 1.54) is 18.2 Å². The summed E-state index contributed by atoms with van der Waals surface area (Å²) >= 11 is 9.69. The van der Waals surface area contributed by atoms with Crippen LogP contribution < -0.4 is 19.9 Å². The minimum atomic E-state index is -0.505. The molecule has 1 N–H and O–H groups in total. The molecule has 3 aromatic rings. The molecule has 1 aliphatic heterocycles. The van der Waals surface area contributed by atoms with Crippen LogP contribution in [0.1, 0.15) is 11.1 Å². The maximum atomic E-state index is 13.0. The fourth-order valence-corrected chi connectivity index (χ4v) is 3.88. The highest BCUT2D eigenvalue weighted by Gasteiger charge is 2.34. The zero-order chi connectivity index (χ0) is 22.7. The number of hydrazine groups is 1. The summed E-state index contributed by atoms with van der Waals surface area (Å²) in [5.74, 6) is -0.127. The molecule has 4 rings (SSSR count). The molecule has 1 saturated heterocycles. The molecular weight excluding hydrogens is 496 g/mol. The number of nitrogens with one attached hydrogen (secondary N) is 1. The second kappa shape index (κ2) is 9.46. The minimum Gasteiger partial charge on any atom is -0.493 e. The molecular formula is C24H18BrClN2O4. The average molecular weight is 514 g/mol. The highest BCUT2D eigenvalue weighted by Crippen LogP contribution is 2.37. The number of carbonyl (C=O) groups excluding carboxylic acids is 2. The van der Waals surface area contributed by atoms with Crippen molar-refractivity contribution in [3.63, 3.8) is 0 Å². The van der Waals surface area contributed by atoms with E-state index in [0.29, 0.717) is 32.2 Å². The van der Waals surface area contributed by atoms with Gasteiger partial charge in [0, 0.05) is 20.6 Å². The van der Waals surface area contributed by atoms with Gasteiger partial charge in [0.05, 0.1) is 12.8 Å². The standard InChI is InChI=1S/C24H18BrClN2O4/c1-31-21-13-17(25)11-16(22(21)32-14-15-7-5-6-10-20(15)26)12-19-23(29)27-28(24(19)30)18-8-3-2-4-9-18/h2-13H,14H2,1H3,(H,27,29)/b19-12+. The van der Waals surface area contributed by atoms with Gasteiger partial charge >= 0.3 is 0 Å². The van der Waals surface area contributed by atoms with E-state index in [2.05, 4.69) is 21.4 Å². The van der Waals surface area contributed by atoms with E-state index < -0.39 is 11.8 Å². The highest BCUT2D eigenvalue weighted by atomic mass is 79.9. The number of benzene rings is 3. The van der Waals surface area contributed by atoms with Crippen LogP contribution in [0.2, 0.25) is 5.02 Å². The van der Waals surface area contributed by atoms with Gasteiger partial charge in [-0.15, -0.1) is 0 Å². The predicted octanol–water partition coefficient (Wildman–Crippen LogP) is 5.15. The number of ether oxygens (including phenoxy) is 2. The van der Waals surface area contributed by atoms with Crippen molar-refractivity contribution in [2.75, 3.05) is 12.1 Å². The van der Waals surface area contributed by atoms with Crippen molar-refractivity contribution in [3.8, 4) is 11.5 Å². The Hall–Kier alpha value is -3.29. The largest absolute Gasteiger partial charge is 0.493 e. The first-order valence-corrected chi connectivity index (χ1v) is 10.8. The van der Waals surface area contributed by atoms with E-state index in [9.17, 15) is 9.59 Å². The van der Waals surface area contributed by atoms with Gasteiger partial charge in [0.15, 0.2) is 11.5 Å². The normalized spacial score (nSPS) is 14.6. The Labute approximate surface area is 198 Å². The third-order valence-electron chi connectivity index (χ3n) is 4.80. The van der Waals surface area contributed by atoms with Crippen molar-refractivity contribution in [1.82, 2.24) is 5.43 Å². The highest BCUT2D eigenvalue weighted by molar-refractivity contribution is 9.10. The molecule has 1 heterocycles. The summed E-state index contributed by atoms with van der Waals surface area (Å²) in [5, 5.41) is 1.79. The third kappa shape index (κ3) is 4.49. The lowest BCUT2D eigenvalue weighted by molar-refractivity contribution is -0.117. The molecule has 0 atom stereocenters. The Bertz CT molecular complexity index is 1210. The van der Waals surface area contributed by atoms with Gasteiger partial charge in [-0.1, -0.05) is 63.9 Å². The molecule has 0 radical (unpaired) electrons. The fourth-order valence-electron chi connectivity index (χ4n) is 3.24. The van der Waals surface area contributed by atoms with Gasteiger partial charge in [-0.2, -0.15) is 0 Å². The Kier molecular flexibility index (Phi) is 6.48. The van der Waals surface area contributed by atoms with Crippen LogP contribution in [0.5, 0.6) is 11.5 Å². The second-order valence-electron chi connectivity index (χ2n) is 6.88. The zero-order valence-electron chi connectivity index (χ0n) is 17.0. The number of anilines is 1. The smallest absolute Gasteiger partial charge is 0.282 e. The number of amides is 2. The van der Waals surface area contributed by atoms with E-state index in [1.807, 2.05) is 24.3 Å². The van der Waals surface area contributed by atoms with Crippen LogP contribution in [-0.4, -0.2) is 18.9 Å². The summed E-state index contributed by atoms with van der Waals surface area (Å²) in [6, 6.07) is 19.7. The Morgan fingerprint density at radius 3 is 2.50 bits per heavy atom. The zero-order valence-corrected chi connectivity index (χ0v) is 19.3. The minimum absolute atomic E-state index is 0.0170. The van der Waals surface area contributed by atoms with E-state index in [1.54, 1.807) is 42.5 Å². The quantitative estimate of drug-likeness (QED) is 0.366. The van der Waals surface area contributed by atoms with Gasteiger partial charge in [-0.3, -0.25) is 15.0 Å². The topological polar surface area (TPSA) is 67.9 Å². The van der Waals surface area contributed by atoms with Crippen molar-refractivity contribution in [1.29, 1.82) is 0 Å². The number of halogens is 2. The summed E-state index contributed by atoms with van der Waals surface area (Å²) < 4.78 is 12.2.